The van der Waals surface area contributed by atoms with Crippen LogP contribution >= 0.6 is 15.9 Å². The van der Waals surface area contributed by atoms with Crippen molar-refractivity contribution in [3.8, 4) is 0 Å². The maximum absolute atomic E-state index is 4.53. The molecule has 1 aromatic heterocycles. The second-order valence-electron chi connectivity index (χ2n) is 4.08. The van der Waals surface area contributed by atoms with Crippen LogP contribution in [0.4, 0.5) is 5.82 Å². The zero-order valence-electron chi connectivity index (χ0n) is 9.12. The third-order valence-electron chi connectivity index (χ3n) is 2.71. The molecule has 0 spiro atoms. The number of rotatable bonds is 5. The Morgan fingerprint density at radius 1 is 1.47 bits per heavy atom. The fourth-order valence-electron chi connectivity index (χ4n) is 1.78. The Labute approximate surface area is 99.8 Å². The Hall–Kier alpha value is -0.570. The summed E-state index contributed by atoms with van der Waals surface area (Å²) in [6, 6.07) is 5.06. The lowest BCUT2D eigenvalue weighted by atomic mass is 10.3. The summed E-state index contributed by atoms with van der Waals surface area (Å²) < 4.78 is 0. The van der Waals surface area contributed by atoms with Gasteiger partial charge in [0, 0.05) is 24.1 Å². The standard InChI is InChI=1S/C12H17BrN2/c1-2-7-15(11-4-5-11)12-6-3-10(8-13)9-14-12/h3,6,9,11H,2,4-5,7-8H2,1H3. The Kier molecular flexibility index (Phi) is 3.62. The number of hydrogen-bond donors (Lipinski definition) is 0. The van der Waals surface area contributed by atoms with Crippen molar-refractivity contribution >= 4 is 21.7 Å². The van der Waals surface area contributed by atoms with Crippen molar-refractivity contribution in [1.82, 2.24) is 4.98 Å². The first-order chi connectivity index (χ1) is 7.35. The van der Waals surface area contributed by atoms with Crippen LogP contribution in [0.3, 0.4) is 0 Å². The average Bonchev–Trinajstić information content (AvgIpc) is 3.10. The number of halogens is 1. The molecule has 0 aliphatic heterocycles. The first kappa shape index (κ1) is 10.9. The first-order valence-corrected chi connectivity index (χ1v) is 6.75. The summed E-state index contributed by atoms with van der Waals surface area (Å²) in [4.78, 5) is 6.97. The van der Waals surface area contributed by atoms with Gasteiger partial charge in [-0.3, -0.25) is 0 Å². The third-order valence-corrected chi connectivity index (χ3v) is 3.36. The molecular weight excluding hydrogens is 252 g/mol. The molecule has 1 heterocycles. The molecule has 3 heteroatoms. The van der Waals surface area contributed by atoms with E-state index in [0.717, 1.165) is 23.7 Å². The number of nitrogens with zero attached hydrogens (tertiary/aromatic N) is 2. The predicted molar refractivity (Wildman–Crippen MR) is 67.5 cm³/mol. The number of hydrogen-bond acceptors (Lipinski definition) is 2. The summed E-state index contributed by atoms with van der Waals surface area (Å²) in [5.41, 5.74) is 1.24. The van der Waals surface area contributed by atoms with Crippen LogP contribution in [0.15, 0.2) is 18.3 Å². The molecule has 1 aromatic rings. The van der Waals surface area contributed by atoms with Gasteiger partial charge in [-0.1, -0.05) is 28.9 Å². The van der Waals surface area contributed by atoms with Crippen LogP contribution in [0, 0.1) is 0 Å². The zero-order valence-corrected chi connectivity index (χ0v) is 10.7. The minimum Gasteiger partial charge on any atom is -0.354 e. The van der Waals surface area contributed by atoms with Gasteiger partial charge in [-0.05, 0) is 30.9 Å². The van der Waals surface area contributed by atoms with E-state index in [1.807, 2.05) is 6.20 Å². The summed E-state index contributed by atoms with van der Waals surface area (Å²) in [7, 11) is 0. The van der Waals surface area contributed by atoms with Gasteiger partial charge in [-0.2, -0.15) is 0 Å². The molecule has 0 amide bonds. The molecule has 1 aliphatic carbocycles. The number of anilines is 1. The highest BCUT2D eigenvalue weighted by molar-refractivity contribution is 9.08. The molecule has 2 nitrogen and oxygen atoms in total. The summed E-state index contributed by atoms with van der Waals surface area (Å²) in [6.45, 7) is 3.35. The molecular formula is C12H17BrN2. The normalized spacial score (nSPS) is 15.3. The molecule has 1 aliphatic rings. The zero-order chi connectivity index (χ0) is 10.7. The smallest absolute Gasteiger partial charge is 0.128 e. The molecule has 82 valence electrons. The Bertz CT molecular complexity index is 306. The molecule has 15 heavy (non-hydrogen) atoms. The van der Waals surface area contributed by atoms with Crippen molar-refractivity contribution in [1.29, 1.82) is 0 Å². The topological polar surface area (TPSA) is 16.1 Å². The van der Waals surface area contributed by atoms with E-state index in [0.29, 0.717) is 0 Å². The van der Waals surface area contributed by atoms with Crippen molar-refractivity contribution < 1.29 is 0 Å². The summed E-state index contributed by atoms with van der Waals surface area (Å²) in [5, 5.41) is 0.886. The maximum Gasteiger partial charge on any atom is 0.128 e. The monoisotopic (exact) mass is 268 g/mol. The van der Waals surface area contributed by atoms with Crippen LogP contribution in [0.25, 0.3) is 0 Å². The Balaban J connectivity index is 2.10. The van der Waals surface area contributed by atoms with Gasteiger partial charge < -0.3 is 4.90 Å². The van der Waals surface area contributed by atoms with E-state index < -0.39 is 0 Å². The minimum atomic E-state index is 0.757. The molecule has 0 N–H and O–H groups in total. The quantitative estimate of drug-likeness (QED) is 0.762. The van der Waals surface area contributed by atoms with Gasteiger partial charge in [-0.15, -0.1) is 0 Å². The highest BCUT2D eigenvalue weighted by atomic mass is 79.9. The second-order valence-corrected chi connectivity index (χ2v) is 4.64. The van der Waals surface area contributed by atoms with E-state index in [4.69, 9.17) is 0 Å². The largest absolute Gasteiger partial charge is 0.354 e. The second kappa shape index (κ2) is 4.97. The van der Waals surface area contributed by atoms with Gasteiger partial charge in [0.25, 0.3) is 0 Å². The van der Waals surface area contributed by atoms with Crippen molar-refractivity contribution in [2.24, 2.45) is 0 Å². The van der Waals surface area contributed by atoms with Gasteiger partial charge >= 0.3 is 0 Å². The van der Waals surface area contributed by atoms with Crippen molar-refractivity contribution in [3.63, 3.8) is 0 Å². The van der Waals surface area contributed by atoms with E-state index >= 15 is 0 Å². The highest BCUT2D eigenvalue weighted by Gasteiger charge is 2.29. The van der Waals surface area contributed by atoms with Gasteiger partial charge in [0.15, 0.2) is 0 Å². The van der Waals surface area contributed by atoms with Crippen LogP contribution in [0.1, 0.15) is 31.7 Å². The van der Waals surface area contributed by atoms with Crippen molar-refractivity contribution in [2.75, 3.05) is 11.4 Å². The molecule has 2 rings (SSSR count). The predicted octanol–water partition coefficient (Wildman–Crippen LogP) is 3.36. The average molecular weight is 269 g/mol. The summed E-state index contributed by atoms with van der Waals surface area (Å²) >= 11 is 3.44. The number of alkyl halides is 1. The lowest BCUT2D eigenvalue weighted by molar-refractivity contribution is 0.750. The third kappa shape index (κ3) is 2.71. The van der Waals surface area contributed by atoms with Crippen LogP contribution in [-0.4, -0.2) is 17.6 Å². The molecule has 0 atom stereocenters. The van der Waals surface area contributed by atoms with Crippen LogP contribution < -0.4 is 4.90 Å². The van der Waals surface area contributed by atoms with E-state index in [2.05, 4.69) is 44.9 Å². The molecule has 1 saturated carbocycles. The number of pyridine rings is 1. The van der Waals surface area contributed by atoms with Gasteiger partial charge in [0.05, 0.1) is 0 Å². The Morgan fingerprint density at radius 2 is 2.27 bits per heavy atom. The molecule has 1 fully saturated rings. The lowest BCUT2D eigenvalue weighted by Crippen LogP contribution is -2.27. The fraction of sp³-hybridized carbons (Fsp3) is 0.583. The highest BCUT2D eigenvalue weighted by Crippen LogP contribution is 2.30. The summed E-state index contributed by atoms with van der Waals surface area (Å²) in [5.74, 6) is 1.14. The van der Waals surface area contributed by atoms with Crippen molar-refractivity contribution in [2.45, 2.75) is 37.6 Å². The fourth-order valence-corrected chi connectivity index (χ4v) is 2.11. The Morgan fingerprint density at radius 3 is 2.73 bits per heavy atom. The minimum absolute atomic E-state index is 0.757. The van der Waals surface area contributed by atoms with E-state index in [9.17, 15) is 0 Å². The maximum atomic E-state index is 4.53. The van der Waals surface area contributed by atoms with Gasteiger partial charge in [-0.25, -0.2) is 4.98 Å². The summed E-state index contributed by atoms with van der Waals surface area (Å²) in [6.07, 6.45) is 5.83. The lowest BCUT2D eigenvalue weighted by Gasteiger charge is -2.22. The van der Waals surface area contributed by atoms with Crippen LogP contribution in [0.5, 0.6) is 0 Å². The van der Waals surface area contributed by atoms with E-state index in [1.165, 1.54) is 24.8 Å². The number of aromatic nitrogens is 1. The van der Waals surface area contributed by atoms with Gasteiger partial charge in [0.2, 0.25) is 0 Å². The molecule has 0 saturated heterocycles. The van der Waals surface area contributed by atoms with Gasteiger partial charge in [0.1, 0.15) is 5.82 Å². The molecule has 0 aromatic carbocycles. The SMILES string of the molecule is CCCN(c1ccc(CBr)cn1)C1CC1. The van der Waals surface area contributed by atoms with E-state index in [-0.39, 0.29) is 0 Å². The van der Waals surface area contributed by atoms with Crippen LogP contribution in [-0.2, 0) is 5.33 Å². The first-order valence-electron chi connectivity index (χ1n) is 5.62. The molecule has 0 radical (unpaired) electrons. The van der Waals surface area contributed by atoms with E-state index in [1.54, 1.807) is 0 Å². The van der Waals surface area contributed by atoms with Crippen molar-refractivity contribution in [3.05, 3.63) is 23.9 Å². The van der Waals surface area contributed by atoms with Crippen LogP contribution in [0.2, 0.25) is 0 Å². The molecule has 0 bridgehead atoms. The molecule has 0 unspecified atom stereocenters.